The first kappa shape index (κ1) is 21.3. The van der Waals surface area contributed by atoms with E-state index in [4.69, 9.17) is 4.74 Å². The Hall–Kier alpha value is -3.93. The maximum atomic E-state index is 13.6. The average molecular weight is 428 g/mol. The molecule has 1 aliphatic heterocycles. The second kappa shape index (κ2) is 9.47. The van der Waals surface area contributed by atoms with Gasteiger partial charge in [-0.15, -0.1) is 0 Å². The van der Waals surface area contributed by atoms with E-state index in [1.165, 1.54) is 4.90 Å². The van der Waals surface area contributed by atoms with Gasteiger partial charge in [0.2, 0.25) is 0 Å². The molecule has 0 atom stereocenters. The number of likely N-dealkylation sites (N-methyl/N-ethyl adjacent to an activating group) is 1. The molecule has 32 heavy (non-hydrogen) atoms. The summed E-state index contributed by atoms with van der Waals surface area (Å²) in [7, 11) is 0. The monoisotopic (exact) mass is 427 g/mol. The number of rotatable bonds is 8. The summed E-state index contributed by atoms with van der Waals surface area (Å²) in [4.78, 5) is 34.6. The van der Waals surface area contributed by atoms with Crippen LogP contribution in [0.15, 0.2) is 84.7 Å². The Morgan fingerprint density at radius 2 is 1.59 bits per heavy atom. The van der Waals surface area contributed by atoms with Gasteiger partial charge in [0.1, 0.15) is 11.4 Å². The third kappa shape index (κ3) is 4.12. The van der Waals surface area contributed by atoms with Crippen LogP contribution in [0.5, 0.6) is 5.75 Å². The molecular formula is C26H25N3O3. The van der Waals surface area contributed by atoms with Crippen molar-refractivity contribution in [2.75, 3.05) is 18.1 Å². The minimum Gasteiger partial charge on any atom is -0.494 e. The van der Waals surface area contributed by atoms with E-state index in [0.29, 0.717) is 35.7 Å². The van der Waals surface area contributed by atoms with Crippen LogP contribution in [0.4, 0.5) is 5.69 Å². The van der Waals surface area contributed by atoms with Gasteiger partial charge in [0.15, 0.2) is 0 Å². The van der Waals surface area contributed by atoms with Gasteiger partial charge >= 0.3 is 0 Å². The van der Waals surface area contributed by atoms with Gasteiger partial charge in [-0.05, 0) is 55.8 Å². The molecular weight excluding hydrogens is 402 g/mol. The molecule has 0 aliphatic carbocycles. The number of hydrogen-bond acceptors (Lipinski definition) is 5. The average Bonchev–Trinajstić information content (AvgIpc) is 3.07. The lowest BCUT2D eigenvalue weighted by atomic mass is 10.0. The van der Waals surface area contributed by atoms with Crippen LogP contribution in [0.2, 0.25) is 0 Å². The van der Waals surface area contributed by atoms with Crippen molar-refractivity contribution in [3.05, 3.63) is 95.9 Å². The van der Waals surface area contributed by atoms with Gasteiger partial charge in [0.25, 0.3) is 11.8 Å². The number of nitrogens with zero attached hydrogens (tertiary/aromatic N) is 3. The molecule has 162 valence electrons. The van der Waals surface area contributed by atoms with Gasteiger partial charge in [0, 0.05) is 18.4 Å². The number of imide groups is 1. The number of amides is 2. The molecule has 2 heterocycles. The summed E-state index contributed by atoms with van der Waals surface area (Å²) in [5.74, 6) is 0.0698. The highest BCUT2D eigenvalue weighted by Gasteiger charge is 2.41. The molecule has 1 aliphatic rings. The molecule has 0 spiro atoms. The molecule has 0 fully saturated rings. The summed E-state index contributed by atoms with van der Waals surface area (Å²) in [6.07, 6.45) is 1.66. The number of para-hydroxylation sites is 1. The van der Waals surface area contributed by atoms with Gasteiger partial charge in [-0.2, -0.15) is 0 Å². The molecule has 0 saturated carbocycles. The molecule has 2 aromatic carbocycles. The zero-order valence-electron chi connectivity index (χ0n) is 18.2. The van der Waals surface area contributed by atoms with Gasteiger partial charge in [0.05, 0.1) is 24.4 Å². The molecule has 1 aromatic heterocycles. The Kier molecular flexibility index (Phi) is 6.31. The first-order valence-corrected chi connectivity index (χ1v) is 10.7. The Bertz CT molecular complexity index is 1130. The van der Waals surface area contributed by atoms with E-state index < -0.39 is 0 Å². The van der Waals surface area contributed by atoms with E-state index in [9.17, 15) is 9.59 Å². The van der Waals surface area contributed by atoms with Crippen LogP contribution in [-0.2, 0) is 16.1 Å². The van der Waals surface area contributed by atoms with Crippen molar-refractivity contribution < 1.29 is 14.3 Å². The van der Waals surface area contributed by atoms with E-state index in [1.54, 1.807) is 12.3 Å². The predicted octanol–water partition coefficient (Wildman–Crippen LogP) is 4.29. The maximum Gasteiger partial charge on any atom is 0.278 e. The largest absolute Gasteiger partial charge is 0.494 e. The van der Waals surface area contributed by atoms with Gasteiger partial charge in [-0.3, -0.25) is 19.5 Å². The highest BCUT2D eigenvalue weighted by atomic mass is 16.5. The molecule has 6 nitrogen and oxygen atoms in total. The minimum atomic E-state index is -0.325. The van der Waals surface area contributed by atoms with Crippen LogP contribution in [0, 0.1) is 0 Å². The van der Waals surface area contributed by atoms with Crippen LogP contribution in [0.1, 0.15) is 25.1 Å². The van der Waals surface area contributed by atoms with Crippen molar-refractivity contribution in [3.8, 4) is 5.75 Å². The van der Waals surface area contributed by atoms with Crippen molar-refractivity contribution >= 4 is 23.1 Å². The standard InChI is InChI=1S/C26H25N3O3/c1-3-28(21-11-6-5-7-12-21)24-23(19-13-15-22(16-14-19)32-4-2)25(30)29(26(24)31)18-20-10-8-9-17-27-20/h5-17H,3-4,18H2,1-2H3. The zero-order chi connectivity index (χ0) is 22.5. The van der Waals surface area contributed by atoms with Crippen LogP contribution >= 0.6 is 0 Å². The second-order valence-corrected chi connectivity index (χ2v) is 7.28. The van der Waals surface area contributed by atoms with Gasteiger partial charge < -0.3 is 9.64 Å². The zero-order valence-corrected chi connectivity index (χ0v) is 18.2. The molecule has 0 unspecified atom stereocenters. The normalized spacial score (nSPS) is 13.6. The Labute approximate surface area is 187 Å². The van der Waals surface area contributed by atoms with Crippen LogP contribution in [0.3, 0.4) is 0 Å². The van der Waals surface area contributed by atoms with Crippen molar-refractivity contribution in [1.29, 1.82) is 0 Å². The molecule has 6 heteroatoms. The fourth-order valence-electron chi connectivity index (χ4n) is 3.83. The van der Waals surface area contributed by atoms with E-state index in [2.05, 4.69) is 4.98 Å². The third-order valence-electron chi connectivity index (χ3n) is 5.30. The third-order valence-corrected chi connectivity index (χ3v) is 5.30. The van der Waals surface area contributed by atoms with Crippen LogP contribution < -0.4 is 9.64 Å². The van der Waals surface area contributed by atoms with E-state index >= 15 is 0 Å². The second-order valence-electron chi connectivity index (χ2n) is 7.28. The SMILES string of the molecule is CCOc1ccc(C2=C(N(CC)c3ccccc3)C(=O)N(Cc3ccccn3)C2=O)cc1. The molecule has 2 amide bonds. The van der Waals surface area contributed by atoms with E-state index in [1.807, 2.05) is 85.5 Å². The molecule has 0 N–H and O–H groups in total. The lowest BCUT2D eigenvalue weighted by Gasteiger charge is -2.24. The highest BCUT2D eigenvalue weighted by Crippen LogP contribution is 2.35. The number of ether oxygens (including phenoxy) is 1. The number of anilines is 1. The summed E-state index contributed by atoms with van der Waals surface area (Å²) in [5.41, 5.74) is 2.96. The molecule has 0 bridgehead atoms. The summed E-state index contributed by atoms with van der Waals surface area (Å²) < 4.78 is 5.54. The summed E-state index contributed by atoms with van der Waals surface area (Å²) in [6, 6.07) is 22.4. The lowest BCUT2D eigenvalue weighted by Crippen LogP contribution is -2.35. The number of carbonyl (C=O) groups excluding carboxylic acids is 2. The highest BCUT2D eigenvalue weighted by molar-refractivity contribution is 6.36. The molecule has 4 rings (SSSR count). The first-order valence-electron chi connectivity index (χ1n) is 10.7. The van der Waals surface area contributed by atoms with E-state index in [0.717, 1.165) is 11.4 Å². The number of benzene rings is 2. The maximum absolute atomic E-state index is 13.6. The van der Waals surface area contributed by atoms with Crippen molar-refractivity contribution in [2.24, 2.45) is 0 Å². The van der Waals surface area contributed by atoms with Crippen LogP contribution in [-0.4, -0.2) is 34.8 Å². The minimum absolute atomic E-state index is 0.120. The van der Waals surface area contributed by atoms with Crippen molar-refractivity contribution in [3.63, 3.8) is 0 Å². The van der Waals surface area contributed by atoms with E-state index in [-0.39, 0.29) is 18.4 Å². The van der Waals surface area contributed by atoms with Crippen molar-refractivity contribution in [1.82, 2.24) is 9.88 Å². The number of carbonyl (C=O) groups is 2. The topological polar surface area (TPSA) is 62.7 Å². The van der Waals surface area contributed by atoms with Crippen molar-refractivity contribution in [2.45, 2.75) is 20.4 Å². The fourth-order valence-corrected chi connectivity index (χ4v) is 3.83. The molecule has 3 aromatic rings. The van der Waals surface area contributed by atoms with Crippen LogP contribution in [0.25, 0.3) is 5.57 Å². The fraction of sp³-hybridized carbons (Fsp3) is 0.192. The predicted molar refractivity (Wildman–Crippen MR) is 124 cm³/mol. The number of pyridine rings is 1. The Balaban J connectivity index is 1.80. The summed E-state index contributed by atoms with van der Waals surface area (Å²) in [6.45, 7) is 5.10. The summed E-state index contributed by atoms with van der Waals surface area (Å²) in [5, 5.41) is 0. The van der Waals surface area contributed by atoms with Gasteiger partial charge in [-0.1, -0.05) is 36.4 Å². The smallest absolute Gasteiger partial charge is 0.278 e. The van der Waals surface area contributed by atoms with Gasteiger partial charge in [-0.25, -0.2) is 0 Å². The first-order chi connectivity index (χ1) is 15.6. The number of hydrogen-bond donors (Lipinski definition) is 0. The summed E-state index contributed by atoms with van der Waals surface area (Å²) >= 11 is 0. The Morgan fingerprint density at radius 3 is 2.22 bits per heavy atom. The Morgan fingerprint density at radius 1 is 0.875 bits per heavy atom. The molecule has 0 saturated heterocycles. The number of aromatic nitrogens is 1. The quantitative estimate of drug-likeness (QED) is 0.502. The lowest BCUT2D eigenvalue weighted by molar-refractivity contribution is -0.137. The molecule has 0 radical (unpaired) electrons.